The summed E-state index contributed by atoms with van der Waals surface area (Å²) >= 11 is 0. The minimum absolute atomic E-state index is 0.0504. The molecule has 0 aliphatic carbocycles. The molecule has 254 valence electrons. The van der Waals surface area contributed by atoms with Crippen molar-refractivity contribution in [1.29, 1.82) is 0 Å². The summed E-state index contributed by atoms with van der Waals surface area (Å²) in [5.41, 5.74) is 0.863. The van der Waals surface area contributed by atoms with Crippen LogP contribution in [-0.4, -0.2) is 56.9 Å². The summed E-state index contributed by atoms with van der Waals surface area (Å²) in [6.45, 7) is 4.14. The predicted octanol–water partition coefficient (Wildman–Crippen LogP) is 8.85. The van der Waals surface area contributed by atoms with Crippen LogP contribution >= 0.6 is 0 Å². The average Bonchev–Trinajstić information content (AvgIpc) is 3.32. The lowest BCUT2D eigenvalue weighted by Crippen LogP contribution is -2.27. The zero-order valence-electron chi connectivity index (χ0n) is 28.2. The summed E-state index contributed by atoms with van der Waals surface area (Å²) < 4.78 is 5.14. The van der Waals surface area contributed by atoms with Gasteiger partial charge in [0.2, 0.25) is 0 Å². The predicted molar refractivity (Wildman–Crippen MR) is 178 cm³/mol. The number of hydrogen-bond donors (Lipinski definition) is 4. The van der Waals surface area contributed by atoms with Gasteiger partial charge in [-0.1, -0.05) is 142 Å². The maximum Gasteiger partial charge on any atom is 0.334 e. The van der Waals surface area contributed by atoms with Gasteiger partial charge in [-0.25, -0.2) is 4.79 Å². The van der Waals surface area contributed by atoms with Gasteiger partial charge >= 0.3 is 5.97 Å². The molecule has 0 spiro atoms. The molecule has 1 rings (SSSR count). The first-order chi connectivity index (χ1) is 20.8. The number of carbonyl (C=O) groups excluding carboxylic acids is 1. The normalized spacial score (nSPS) is 18.0. The van der Waals surface area contributed by atoms with Crippen molar-refractivity contribution in [3.63, 3.8) is 0 Å². The topological polar surface area (TPSA) is 107 Å². The standard InChI is InChI=1S/C37H70O6/c1-3-4-5-6-7-15-18-21-26-33(38)35(40)28-23-24-29-36(41)34(39)27-22-19-16-13-11-9-8-10-12-14-17-20-25-32-30-31(2)43-37(32)42/h30-31,33-36,38-41H,3-29H2,1-2H3/t31-,33-,34+,35+,36-/m0/s1. The molecule has 43 heavy (non-hydrogen) atoms. The van der Waals surface area contributed by atoms with E-state index in [1.165, 1.54) is 96.3 Å². The molecular weight excluding hydrogens is 540 g/mol. The highest BCUT2D eigenvalue weighted by Crippen LogP contribution is 2.21. The van der Waals surface area contributed by atoms with E-state index in [0.29, 0.717) is 25.7 Å². The summed E-state index contributed by atoms with van der Waals surface area (Å²) in [6.07, 6.45) is 28.3. The zero-order chi connectivity index (χ0) is 31.5. The van der Waals surface area contributed by atoms with E-state index in [-0.39, 0.29) is 12.1 Å². The number of aliphatic hydroxyl groups is 4. The van der Waals surface area contributed by atoms with Gasteiger partial charge in [0.05, 0.1) is 24.4 Å². The number of esters is 1. The third kappa shape index (κ3) is 22.2. The first kappa shape index (κ1) is 40.1. The maximum absolute atomic E-state index is 11.6. The van der Waals surface area contributed by atoms with Crippen LogP contribution in [0.4, 0.5) is 0 Å². The van der Waals surface area contributed by atoms with Crippen molar-refractivity contribution < 1.29 is 30.0 Å². The Bertz CT molecular complexity index is 680. The summed E-state index contributed by atoms with van der Waals surface area (Å²) in [7, 11) is 0. The van der Waals surface area contributed by atoms with Gasteiger partial charge in [-0.2, -0.15) is 0 Å². The van der Waals surface area contributed by atoms with Crippen molar-refractivity contribution >= 4 is 5.97 Å². The highest BCUT2D eigenvalue weighted by atomic mass is 16.5. The van der Waals surface area contributed by atoms with Gasteiger partial charge in [0.1, 0.15) is 6.10 Å². The van der Waals surface area contributed by atoms with E-state index in [0.717, 1.165) is 56.9 Å². The van der Waals surface area contributed by atoms with E-state index in [2.05, 4.69) is 6.92 Å². The van der Waals surface area contributed by atoms with Crippen LogP contribution < -0.4 is 0 Å². The number of rotatable bonds is 31. The fourth-order valence-corrected chi connectivity index (χ4v) is 6.22. The summed E-state index contributed by atoms with van der Waals surface area (Å²) in [4.78, 5) is 11.6. The molecule has 0 saturated heterocycles. The molecule has 4 N–H and O–H groups in total. The lowest BCUT2D eigenvalue weighted by atomic mass is 9.97. The molecule has 0 aromatic rings. The number of ether oxygens (including phenoxy) is 1. The van der Waals surface area contributed by atoms with Crippen LogP contribution in [0.2, 0.25) is 0 Å². The Morgan fingerprint density at radius 2 is 0.837 bits per heavy atom. The Morgan fingerprint density at radius 3 is 1.16 bits per heavy atom. The van der Waals surface area contributed by atoms with E-state index in [1.807, 2.05) is 13.0 Å². The van der Waals surface area contributed by atoms with Crippen molar-refractivity contribution in [3.05, 3.63) is 11.6 Å². The molecule has 1 aliphatic heterocycles. The molecule has 0 fully saturated rings. The monoisotopic (exact) mass is 611 g/mol. The van der Waals surface area contributed by atoms with E-state index >= 15 is 0 Å². The van der Waals surface area contributed by atoms with Crippen LogP contribution in [-0.2, 0) is 9.53 Å². The first-order valence-corrected chi connectivity index (χ1v) is 18.5. The van der Waals surface area contributed by atoms with E-state index in [1.54, 1.807) is 0 Å². The summed E-state index contributed by atoms with van der Waals surface area (Å²) in [5.74, 6) is -0.123. The quantitative estimate of drug-likeness (QED) is 0.0461. The smallest absolute Gasteiger partial charge is 0.334 e. The van der Waals surface area contributed by atoms with Crippen molar-refractivity contribution in [2.45, 2.75) is 218 Å². The first-order valence-electron chi connectivity index (χ1n) is 18.5. The molecule has 0 radical (unpaired) electrons. The fourth-order valence-electron chi connectivity index (χ4n) is 6.22. The zero-order valence-corrected chi connectivity index (χ0v) is 28.2. The van der Waals surface area contributed by atoms with Gasteiger partial charge in [0.15, 0.2) is 0 Å². The SMILES string of the molecule is CCCCCCCCCC[C@H](O)[C@H](O)CCCC[C@H](O)[C@H](O)CCCCCCCCCCCCCCC1=C[C@H](C)OC1=O. The molecule has 0 aromatic heterocycles. The highest BCUT2D eigenvalue weighted by Gasteiger charge is 2.21. The highest BCUT2D eigenvalue weighted by molar-refractivity contribution is 5.90. The Morgan fingerprint density at radius 1 is 0.535 bits per heavy atom. The number of cyclic esters (lactones) is 1. The third-order valence-corrected chi connectivity index (χ3v) is 9.18. The second-order valence-corrected chi connectivity index (χ2v) is 13.4. The number of aliphatic hydroxyl groups excluding tert-OH is 4. The number of hydrogen-bond acceptors (Lipinski definition) is 6. The molecule has 0 unspecified atom stereocenters. The minimum atomic E-state index is -0.695. The van der Waals surface area contributed by atoms with Gasteiger partial charge in [-0.05, 0) is 51.5 Å². The van der Waals surface area contributed by atoms with Gasteiger partial charge in [-0.3, -0.25) is 0 Å². The molecular formula is C37H70O6. The van der Waals surface area contributed by atoms with Crippen molar-refractivity contribution in [2.75, 3.05) is 0 Å². The van der Waals surface area contributed by atoms with Crippen LogP contribution in [0.25, 0.3) is 0 Å². The van der Waals surface area contributed by atoms with E-state index < -0.39 is 24.4 Å². The molecule has 0 amide bonds. The van der Waals surface area contributed by atoms with Crippen LogP contribution in [0, 0.1) is 0 Å². The largest absolute Gasteiger partial charge is 0.455 e. The van der Waals surface area contributed by atoms with E-state index in [4.69, 9.17) is 4.74 Å². The van der Waals surface area contributed by atoms with E-state index in [9.17, 15) is 25.2 Å². The number of unbranched alkanes of at least 4 members (excludes halogenated alkanes) is 19. The molecule has 0 aromatic carbocycles. The van der Waals surface area contributed by atoms with Crippen LogP contribution in [0.1, 0.15) is 187 Å². The van der Waals surface area contributed by atoms with Gasteiger partial charge < -0.3 is 25.2 Å². The summed E-state index contributed by atoms with van der Waals surface area (Å²) in [6, 6.07) is 0. The third-order valence-electron chi connectivity index (χ3n) is 9.18. The lowest BCUT2D eigenvalue weighted by Gasteiger charge is -2.20. The Balaban J connectivity index is 1.85. The molecule has 1 heterocycles. The van der Waals surface area contributed by atoms with Gasteiger partial charge in [-0.15, -0.1) is 0 Å². The van der Waals surface area contributed by atoms with Crippen molar-refractivity contribution in [1.82, 2.24) is 0 Å². The van der Waals surface area contributed by atoms with Gasteiger partial charge in [0, 0.05) is 5.57 Å². The summed E-state index contributed by atoms with van der Waals surface area (Å²) in [5, 5.41) is 41.1. The van der Waals surface area contributed by atoms with Crippen molar-refractivity contribution in [2.24, 2.45) is 0 Å². The lowest BCUT2D eigenvalue weighted by molar-refractivity contribution is -0.139. The van der Waals surface area contributed by atoms with Crippen molar-refractivity contribution in [3.8, 4) is 0 Å². The molecule has 5 atom stereocenters. The Labute approximate surface area is 265 Å². The molecule has 0 bridgehead atoms. The minimum Gasteiger partial charge on any atom is -0.455 e. The van der Waals surface area contributed by atoms with Crippen LogP contribution in [0.3, 0.4) is 0 Å². The maximum atomic E-state index is 11.6. The van der Waals surface area contributed by atoms with Gasteiger partial charge in [0.25, 0.3) is 0 Å². The Kier molecular flexibility index (Phi) is 25.5. The molecule has 6 heteroatoms. The molecule has 6 nitrogen and oxygen atoms in total. The van der Waals surface area contributed by atoms with Crippen LogP contribution in [0.5, 0.6) is 0 Å². The Hall–Kier alpha value is -0.950. The fraction of sp³-hybridized carbons (Fsp3) is 0.919. The second kappa shape index (κ2) is 27.4. The number of carbonyl (C=O) groups is 1. The molecule has 0 saturated carbocycles. The van der Waals surface area contributed by atoms with Crippen LogP contribution in [0.15, 0.2) is 11.6 Å². The molecule has 1 aliphatic rings. The second-order valence-electron chi connectivity index (χ2n) is 13.4. The average molecular weight is 611 g/mol.